The van der Waals surface area contributed by atoms with Crippen LogP contribution in [0.15, 0.2) is 23.8 Å². The van der Waals surface area contributed by atoms with Gasteiger partial charge in [0.1, 0.15) is 4.83 Å². The van der Waals surface area contributed by atoms with Crippen molar-refractivity contribution >= 4 is 39.1 Å². The van der Waals surface area contributed by atoms with Crippen molar-refractivity contribution in [1.82, 2.24) is 19.7 Å². The van der Waals surface area contributed by atoms with Gasteiger partial charge < -0.3 is 5.32 Å². The molecule has 7 heteroatoms. The summed E-state index contributed by atoms with van der Waals surface area (Å²) in [5.41, 5.74) is 0. The lowest BCUT2D eigenvalue weighted by Gasteiger charge is -2.06. The summed E-state index contributed by atoms with van der Waals surface area (Å²) in [6, 6.07) is 1.99. The van der Waals surface area contributed by atoms with Crippen molar-refractivity contribution in [3.63, 3.8) is 0 Å². The highest BCUT2D eigenvalue weighted by Crippen LogP contribution is 2.25. The van der Waals surface area contributed by atoms with Gasteiger partial charge in [-0.15, -0.1) is 11.3 Å². The molecule has 3 heterocycles. The van der Waals surface area contributed by atoms with Gasteiger partial charge in [-0.2, -0.15) is 10.1 Å². The molecule has 0 aliphatic heterocycles. The molecule has 0 aromatic carbocycles. The summed E-state index contributed by atoms with van der Waals surface area (Å²) in [6.45, 7) is 2.78. The summed E-state index contributed by atoms with van der Waals surface area (Å²) >= 11 is 7.47. The van der Waals surface area contributed by atoms with Crippen LogP contribution in [-0.2, 0) is 0 Å². The number of fused-ring (bicyclic) bond motifs is 1. The maximum atomic E-state index is 5.90. The van der Waals surface area contributed by atoms with Crippen molar-refractivity contribution in [1.29, 1.82) is 0 Å². The normalized spacial score (nSPS) is 11.0. The molecule has 5 nitrogen and oxygen atoms in total. The van der Waals surface area contributed by atoms with Crippen molar-refractivity contribution in [2.75, 3.05) is 11.9 Å². The smallest absolute Gasteiger partial charge is 0.226 e. The molecule has 0 bridgehead atoms. The molecule has 0 atom stereocenters. The second-order valence-corrected chi connectivity index (χ2v) is 4.97. The zero-order valence-corrected chi connectivity index (χ0v) is 11.2. The highest BCUT2D eigenvalue weighted by molar-refractivity contribution is 7.16. The van der Waals surface area contributed by atoms with E-state index in [0.29, 0.717) is 11.0 Å². The van der Waals surface area contributed by atoms with Gasteiger partial charge in [0.05, 0.1) is 22.8 Å². The fourth-order valence-corrected chi connectivity index (χ4v) is 2.56. The second kappa shape index (κ2) is 4.55. The van der Waals surface area contributed by atoms with Crippen LogP contribution in [0.2, 0.25) is 5.02 Å². The van der Waals surface area contributed by atoms with E-state index in [-0.39, 0.29) is 0 Å². The van der Waals surface area contributed by atoms with Gasteiger partial charge in [-0.1, -0.05) is 11.6 Å². The summed E-state index contributed by atoms with van der Waals surface area (Å²) in [7, 11) is 0. The molecule has 18 heavy (non-hydrogen) atoms. The van der Waals surface area contributed by atoms with Gasteiger partial charge >= 0.3 is 0 Å². The fourth-order valence-electron chi connectivity index (χ4n) is 1.67. The minimum Gasteiger partial charge on any atom is -0.354 e. The monoisotopic (exact) mass is 279 g/mol. The largest absolute Gasteiger partial charge is 0.354 e. The molecule has 0 spiro atoms. The number of nitrogens with zero attached hydrogens (tertiary/aromatic N) is 4. The summed E-state index contributed by atoms with van der Waals surface area (Å²) in [6.07, 6.45) is 3.32. The van der Waals surface area contributed by atoms with E-state index in [1.807, 2.05) is 18.4 Å². The Bertz CT molecular complexity index is 690. The van der Waals surface area contributed by atoms with E-state index in [2.05, 4.69) is 20.4 Å². The Balaban J connectivity index is 2.22. The molecule has 0 radical (unpaired) electrons. The van der Waals surface area contributed by atoms with Crippen LogP contribution in [0, 0.1) is 0 Å². The molecule has 0 aliphatic carbocycles. The van der Waals surface area contributed by atoms with Crippen LogP contribution in [-0.4, -0.2) is 26.3 Å². The molecule has 3 aromatic heterocycles. The first-order valence-corrected chi connectivity index (χ1v) is 6.73. The molecule has 0 saturated heterocycles. The van der Waals surface area contributed by atoms with E-state index < -0.39 is 0 Å². The number of hydrogen-bond donors (Lipinski definition) is 1. The third-order valence-electron chi connectivity index (χ3n) is 2.41. The maximum absolute atomic E-state index is 5.90. The molecular formula is C11H10ClN5S. The van der Waals surface area contributed by atoms with E-state index >= 15 is 0 Å². The van der Waals surface area contributed by atoms with Gasteiger partial charge in [-0.3, -0.25) is 0 Å². The summed E-state index contributed by atoms with van der Waals surface area (Å²) in [5.74, 6) is 1.35. The number of hydrogen-bond acceptors (Lipinski definition) is 5. The molecule has 0 amide bonds. The molecular weight excluding hydrogens is 270 g/mol. The minimum absolute atomic E-state index is 0.585. The van der Waals surface area contributed by atoms with Gasteiger partial charge in [0.2, 0.25) is 5.95 Å². The van der Waals surface area contributed by atoms with Crippen molar-refractivity contribution < 1.29 is 0 Å². The van der Waals surface area contributed by atoms with Gasteiger partial charge in [-0.05, 0) is 18.4 Å². The van der Waals surface area contributed by atoms with Crippen molar-refractivity contribution in [2.45, 2.75) is 6.92 Å². The fraction of sp³-hybridized carbons (Fsp3) is 0.182. The van der Waals surface area contributed by atoms with Crippen LogP contribution in [0.4, 0.5) is 5.95 Å². The predicted molar refractivity (Wildman–Crippen MR) is 73.7 cm³/mol. The SMILES string of the molecule is CCNc1nc(-n2cc(Cl)cn2)c2ccsc2n1. The summed E-state index contributed by atoms with van der Waals surface area (Å²) < 4.78 is 1.67. The summed E-state index contributed by atoms with van der Waals surface area (Å²) in [5, 5.41) is 10.9. The highest BCUT2D eigenvalue weighted by atomic mass is 35.5. The van der Waals surface area contributed by atoms with Crippen LogP contribution in [0.25, 0.3) is 16.0 Å². The Labute approximate surface area is 112 Å². The lowest BCUT2D eigenvalue weighted by molar-refractivity contribution is 0.851. The number of aromatic nitrogens is 4. The van der Waals surface area contributed by atoms with Crippen LogP contribution in [0.3, 0.4) is 0 Å². The average molecular weight is 280 g/mol. The van der Waals surface area contributed by atoms with E-state index in [1.54, 1.807) is 28.4 Å². The molecule has 0 unspecified atom stereocenters. The van der Waals surface area contributed by atoms with E-state index in [1.165, 1.54) is 0 Å². The Morgan fingerprint density at radius 3 is 3.06 bits per heavy atom. The van der Waals surface area contributed by atoms with Gasteiger partial charge in [0, 0.05) is 6.54 Å². The lowest BCUT2D eigenvalue weighted by atomic mass is 10.4. The molecule has 0 fully saturated rings. The van der Waals surface area contributed by atoms with Crippen molar-refractivity contribution in [3.8, 4) is 5.82 Å². The van der Waals surface area contributed by atoms with E-state index in [0.717, 1.165) is 22.6 Å². The molecule has 0 saturated carbocycles. The Morgan fingerprint density at radius 2 is 2.33 bits per heavy atom. The number of anilines is 1. The molecule has 3 aromatic rings. The standard InChI is InChI=1S/C11H10ClN5S/c1-2-13-11-15-9(17-6-7(12)5-14-17)8-3-4-18-10(8)16-11/h3-6H,2H2,1H3,(H,13,15,16). The predicted octanol–water partition coefficient (Wildman–Crippen LogP) is 2.96. The number of thiophene rings is 1. The van der Waals surface area contributed by atoms with Crippen LogP contribution in [0.1, 0.15) is 6.92 Å². The van der Waals surface area contributed by atoms with Gasteiger partial charge in [0.15, 0.2) is 5.82 Å². The average Bonchev–Trinajstić information content (AvgIpc) is 2.97. The van der Waals surface area contributed by atoms with Crippen molar-refractivity contribution in [3.05, 3.63) is 28.9 Å². The quantitative estimate of drug-likeness (QED) is 0.801. The van der Waals surface area contributed by atoms with Crippen molar-refractivity contribution in [2.24, 2.45) is 0 Å². The van der Waals surface area contributed by atoms with Crippen LogP contribution >= 0.6 is 22.9 Å². The Morgan fingerprint density at radius 1 is 1.44 bits per heavy atom. The van der Waals surface area contributed by atoms with E-state index in [4.69, 9.17) is 11.6 Å². The van der Waals surface area contributed by atoms with Crippen LogP contribution < -0.4 is 5.32 Å². The zero-order chi connectivity index (χ0) is 12.5. The Hall–Kier alpha value is -1.66. The third-order valence-corrected chi connectivity index (χ3v) is 3.41. The molecule has 1 N–H and O–H groups in total. The first kappa shape index (κ1) is 11.4. The van der Waals surface area contributed by atoms with E-state index in [9.17, 15) is 0 Å². The first-order valence-electron chi connectivity index (χ1n) is 5.47. The van der Waals surface area contributed by atoms with Gasteiger partial charge in [-0.25, -0.2) is 9.67 Å². The summed E-state index contributed by atoms with van der Waals surface area (Å²) in [4.78, 5) is 9.85. The maximum Gasteiger partial charge on any atom is 0.226 e. The van der Waals surface area contributed by atoms with Crippen LogP contribution in [0.5, 0.6) is 0 Å². The zero-order valence-electron chi connectivity index (χ0n) is 9.59. The topological polar surface area (TPSA) is 55.6 Å². The molecule has 3 rings (SSSR count). The molecule has 0 aliphatic rings. The molecule has 92 valence electrons. The highest BCUT2D eigenvalue weighted by Gasteiger charge is 2.11. The Kier molecular flexibility index (Phi) is 2.89. The minimum atomic E-state index is 0.585. The second-order valence-electron chi connectivity index (χ2n) is 3.64. The van der Waals surface area contributed by atoms with Gasteiger partial charge in [0.25, 0.3) is 0 Å². The number of halogens is 1. The number of nitrogens with one attached hydrogen (secondary N) is 1. The first-order chi connectivity index (χ1) is 8.78. The third kappa shape index (κ3) is 1.93. The number of rotatable bonds is 3. The lowest BCUT2D eigenvalue weighted by Crippen LogP contribution is -2.06.